The van der Waals surface area contributed by atoms with Crippen molar-refractivity contribution in [2.24, 2.45) is 0 Å². The van der Waals surface area contributed by atoms with E-state index < -0.39 is 12.1 Å². The highest BCUT2D eigenvalue weighted by molar-refractivity contribution is 6.00. The van der Waals surface area contributed by atoms with Crippen molar-refractivity contribution < 1.29 is 23.8 Å². The molecule has 0 fully saturated rings. The van der Waals surface area contributed by atoms with Crippen molar-refractivity contribution in [3.8, 4) is 17.1 Å². The first kappa shape index (κ1) is 34.4. The van der Waals surface area contributed by atoms with Crippen LogP contribution in [0.1, 0.15) is 38.8 Å². The van der Waals surface area contributed by atoms with Crippen LogP contribution in [-0.2, 0) is 13.0 Å². The summed E-state index contributed by atoms with van der Waals surface area (Å²) < 4.78 is 10.6. The molecule has 0 aliphatic heterocycles. The minimum atomic E-state index is -1.11. The minimum absolute atomic E-state index is 0.146. The number of likely N-dealkylation sites (N-methyl/N-ethyl adjacent to an activating group) is 1. The number of benzene rings is 3. The molecule has 0 bridgehead atoms. The van der Waals surface area contributed by atoms with Crippen LogP contribution in [0, 0.1) is 0 Å². The lowest BCUT2D eigenvalue weighted by Gasteiger charge is -2.17. The zero-order chi connectivity index (χ0) is 31.5. The van der Waals surface area contributed by atoms with Gasteiger partial charge in [0.05, 0.1) is 18.9 Å². The monoisotopic (exact) mass is 589 g/mol. The molecule has 4 N–H and O–H groups in total. The molecule has 0 aliphatic carbocycles. The largest absolute Gasteiger partial charge is 0.496 e. The highest BCUT2D eigenvalue weighted by Gasteiger charge is 2.11. The van der Waals surface area contributed by atoms with Crippen molar-refractivity contribution in [3.05, 3.63) is 96.5 Å². The van der Waals surface area contributed by atoms with E-state index in [-0.39, 0.29) is 6.54 Å². The zero-order valence-corrected chi connectivity index (χ0v) is 25.6. The van der Waals surface area contributed by atoms with Gasteiger partial charge in [0.15, 0.2) is 12.2 Å². The van der Waals surface area contributed by atoms with Gasteiger partial charge in [0.1, 0.15) is 5.75 Å². The summed E-state index contributed by atoms with van der Waals surface area (Å²) in [5.74, 6) is 1.08. The fraction of sp³-hybridized carbons (Fsp3) is 0.303. The molecule has 0 saturated heterocycles. The van der Waals surface area contributed by atoms with Gasteiger partial charge in [-0.05, 0) is 54.9 Å². The van der Waals surface area contributed by atoms with Crippen molar-refractivity contribution in [2.75, 3.05) is 37.4 Å². The summed E-state index contributed by atoms with van der Waals surface area (Å²) in [6, 6.07) is 22.3. The van der Waals surface area contributed by atoms with Crippen LogP contribution in [0.4, 0.5) is 21.0 Å². The number of nitrogens with one attached hydrogen (secondary N) is 3. The van der Waals surface area contributed by atoms with Crippen molar-refractivity contribution >= 4 is 23.5 Å². The summed E-state index contributed by atoms with van der Waals surface area (Å²) in [6.07, 6.45) is 2.96. The Bertz CT molecular complexity index is 1360. The fourth-order valence-electron chi connectivity index (χ4n) is 4.02. The smallest absolute Gasteiger partial charge is 0.404 e. The van der Waals surface area contributed by atoms with Crippen LogP contribution in [0.3, 0.4) is 0 Å². The Labute approximate surface area is 254 Å². The number of amides is 3. The predicted octanol–water partition coefficient (Wildman–Crippen LogP) is 7.36. The summed E-state index contributed by atoms with van der Waals surface area (Å²) in [5, 5.41) is 16.4. The molecule has 3 aromatic carbocycles. The Morgan fingerprint density at radius 2 is 1.58 bits per heavy atom. The molecule has 1 heterocycles. The van der Waals surface area contributed by atoms with Gasteiger partial charge in [0, 0.05) is 30.5 Å². The molecule has 0 radical (unpaired) electrons. The number of methoxy groups -OCH3 is 1. The summed E-state index contributed by atoms with van der Waals surface area (Å²) >= 11 is 0. The molecule has 0 atom stereocenters. The molecular formula is C33H43N5O5. The van der Waals surface area contributed by atoms with Crippen molar-refractivity contribution in [1.29, 1.82) is 0 Å². The lowest BCUT2D eigenvalue weighted by atomic mass is 10.1. The van der Waals surface area contributed by atoms with Crippen molar-refractivity contribution in [1.82, 2.24) is 15.2 Å². The van der Waals surface area contributed by atoms with E-state index in [0.717, 1.165) is 18.7 Å². The molecule has 0 unspecified atom stereocenters. The van der Waals surface area contributed by atoms with Gasteiger partial charge in [-0.25, -0.2) is 14.6 Å². The van der Waals surface area contributed by atoms with Gasteiger partial charge in [0.25, 0.3) is 0 Å². The number of oxazole rings is 1. The maximum absolute atomic E-state index is 12.3. The maximum Gasteiger partial charge on any atom is 0.404 e. The number of carbonyl (C=O) groups is 2. The Morgan fingerprint density at radius 3 is 2.19 bits per heavy atom. The highest BCUT2D eigenvalue weighted by Crippen LogP contribution is 2.32. The lowest BCUT2D eigenvalue weighted by Crippen LogP contribution is -2.25. The molecule has 4 aromatic rings. The van der Waals surface area contributed by atoms with E-state index in [1.165, 1.54) is 32.0 Å². The SMILES string of the molecule is CC.CCN(CC)CCc1ccccc1.COc1cc(NC(=O)Nc2cccc(CNC(=O)O)c2)ccc1-c1cnco1. The minimum Gasteiger partial charge on any atom is -0.496 e. The first-order valence-electron chi connectivity index (χ1n) is 14.4. The van der Waals surface area contributed by atoms with E-state index in [1.54, 1.807) is 48.7 Å². The molecular weight excluding hydrogens is 546 g/mol. The fourth-order valence-corrected chi connectivity index (χ4v) is 4.02. The Hall–Kier alpha value is -4.83. The van der Waals surface area contributed by atoms with Crippen molar-refractivity contribution in [3.63, 3.8) is 0 Å². The Morgan fingerprint density at radius 1 is 0.907 bits per heavy atom. The van der Waals surface area contributed by atoms with Gasteiger partial charge in [0.2, 0.25) is 0 Å². The van der Waals surface area contributed by atoms with E-state index in [0.29, 0.717) is 28.4 Å². The van der Waals surface area contributed by atoms with Crippen LogP contribution < -0.4 is 20.7 Å². The second kappa shape index (κ2) is 19.3. The Balaban J connectivity index is 0.000000360. The number of nitrogens with zero attached hydrogens (tertiary/aromatic N) is 2. The molecule has 0 saturated carbocycles. The van der Waals surface area contributed by atoms with Crippen LogP contribution >= 0.6 is 0 Å². The van der Waals surface area contributed by atoms with Crippen LogP contribution in [-0.4, -0.2) is 53.9 Å². The average molecular weight is 590 g/mol. The van der Waals surface area contributed by atoms with Crippen LogP contribution in [0.2, 0.25) is 0 Å². The number of urea groups is 1. The van der Waals surface area contributed by atoms with Crippen molar-refractivity contribution in [2.45, 2.75) is 40.7 Å². The van der Waals surface area contributed by atoms with E-state index in [2.05, 4.69) is 70.0 Å². The summed E-state index contributed by atoms with van der Waals surface area (Å²) in [5.41, 5.74) is 3.94. The molecule has 10 nitrogen and oxygen atoms in total. The van der Waals surface area contributed by atoms with Gasteiger partial charge in [-0.3, -0.25) is 0 Å². The number of anilines is 2. The number of hydrogen-bond acceptors (Lipinski definition) is 6. The number of carbonyl (C=O) groups excluding carboxylic acids is 1. The van der Waals surface area contributed by atoms with Crippen LogP contribution in [0.25, 0.3) is 11.3 Å². The second-order valence-electron chi connectivity index (χ2n) is 8.98. The van der Waals surface area contributed by atoms with Gasteiger partial charge in [-0.15, -0.1) is 0 Å². The first-order valence-corrected chi connectivity index (χ1v) is 14.4. The van der Waals surface area contributed by atoms with Crippen LogP contribution in [0.15, 0.2) is 89.8 Å². The number of rotatable bonds is 11. The third-order valence-corrected chi connectivity index (χ3v) is 6.24. The summed E-state index contributed by atoms with van der Waals surface area (Å²) in [6.45, 7) is 12.1. The molecule has 1 aromatic heterocycles. The topological polar surface area (TPSA) is 129 Å². The van der Waals surface area contributed by atoms with Gasteiger partial charge < -0.3 is 35.1 Å². The summed E-state index contributed by atoms with van der Waals surface area (Å²) in [4.78, 5) is 29.2. The molecule has 10 heteroatoms. The zero-order valence-electron chi connectivity index (χ0n) is 25.6. The lowest BCUT2D eigenvalue weighted by molar-refractivity contribution is 0.194. The first-order chi connectivity index (χ1) is 20.9. The summed E-state index contributed by atoms with van der Waals surface area (Å²) in [7, 11) is 1.52. The quantitative estimate of drug-likeness (QED) is 0.144. The van der Waals surface area contributed by atoms with Gasteiger partial charge in [-0.1, -0.05) is 70.2 Å². The molecule has 0 spiro atoms. The molecule has 0 aliphatic rings. The van der Waals surface area contributed by atoms with Crippen LogP contribution in [0.5, 0.6) is 5.75 Å². The maximum atomic E-state index is 12.3. The number of ether oxygens (including phenoxy) is 1. The highest BCUT2D eigenvalue weighted by atomic mass is 16.5. The molecule has 43 heavy (non-hydrogen) atoms. The molecule has 4 rings (SSSR count). The number of aromatic nitrogens is 1. The van der Waals surface area contributed by atoms with E-state index in [1.807, 2.05) is 13.8 Å². The molecule has 230 valence electrons. The Kier molecular flexibility index (Phi) is 15.4. The van der Waals surface area contributed by atoms with Gasteiger partial charge in [-0.2, -0.15) is 0 Å². The third kappa shape index (κ3) is 12.3. The van der Waals surface area contributed by atoms with E-state index in [9.17, 15) is 9.59 Å². The molecule has 3 amide bonds. The second-order valence-corrected chi connectivity index (χ2v) is 8.98. The predicted molar refractivity (Wildman–Crippen MR) is 172 cm³/mol. The van der Waals surface area contributed by atoms with Gasteiger partial charge >= 0.3 is 12.1 Å². The number of hydrogen-bond donors (Lipinski definition) is 4. The standard InChI is InChI=1S/C19H18N4O5.C12H19N.C2H6/c1-27-16-8-14(5-6-15(16)17-10-20-11-28-17)23-18(24)22-13-4-2-3-12(7-13)9-21-19(25)26;1-3-13(4-2)11-10-12-8-6-5-7-9-12;1-2/h2-8,10-11,21H,9H2,1H3,(H,25,26)(H2,22,23,24);5-9H,3-4,10-11H2,1-2H3;1-2H3. The van der Waals surface area contributed by atoms with E-state index >= 15 is 0 Å². The normalized spacial score (nSPS) is 10.0. The van der Waals surface area contributed by atoms with E-state index in [4.69, 9.17) is 14.3 Å². The average Bonchev–Trinajstić information content (AvgIpc) is 3.57. The number of carboxylic acid groups (broad SMARTS) is 1. The third-order valence-electron chi connectivity index (χ3n) is 6.24.